The number of hydrogen-bond donors (Lipinski definition) is 3. The standard InChI is InChI=1S/C31H48N6O/c1-25-10-9-17-34-30(25)24-37(19-8-7-16-32)23-28-22-36(21-18-33-28)20-15-29(26-11-3-2-4-12-26)35-31(38)27-13-5-6-14-27/h2-4,9-12,17,27-29,33H,5-8,13-16,18-24,32H2,1H3,(H,35,38)/t28?,29-/m0/s1. The molecular formula is C31H48N6O. The number of benzene rings is 1. The summed E-state index contributed by atoms with van der Waals surface area (Å²) in [6.07, 6.45) is 9.42. The monoisotopic (exact) mass is 520 g/mol. The molecule has 1 saturated carbocycles. The van der Waals surface area contributed by atoms with Crippen molar-refractivity contribution in [3.63, 3.8) is 0 Å². The highest BCUT2D eigenvalue weighted by atomic mass is 16.1. The van der Waals surface area contributed by atoms with Crippen molar-refractivity contribution in [1.82, 2.24) is 25.4 Å². The minimum atomic E-state index is 0.0672. The number of aromatic nitrogens is 1. The van der Waals surface area contributed by atoms with Crippen molar-refractivity contribution in [2.45, 2.75) is 70.5 Å². The van der Waals surface area contributed by atoms with Gasteiger partial charge in [-0.15, -0.1) is 0 Å². The molecule has 2 heterocycles. The SMILES string of the molecule is Cc1cccnc1CN(CCCCN)CC1CN(CC[C@H](NC(=O)C2CCCC2)c2ccccc2)CCN1. The van der Waals surface area contributed by atoms with Crippen LogP contribution in [0.25, 0.3) is 0 Å². The third-order valence-electron chi connectivity index (χ3n) is 8.22. The first-order valence-corrected chi connectivity index (χ1v) is 14.8. The van der Waals surface area contributed by atoms with E-state index >= 15 is 0 Å². The van der Waals surface area contributed by atoms with Gasteiger partial charge in [0.05, 0.1) is 11.7 Å². The molecule has 7 nitrogen and oxygen atoms in total. The van der Waals surface area contributed by atoms with E-state index in [-0.39, 0.29) is 17.9 Å². The Morgan fingerprint density at radius 1 is 1.18 bits per heavy atom. The Morgan fingerprint density at radius 3 is 2.76 bits per heavy atom. The van der Waals surface area contributed by atoms with Gasteiger partial charge in [-0.3, -0.25) is 14.7 Å². The highest BCUT2D eigenvalue weighted by Crippen LogP contribution is 2.26. The molecule has 1 aliphatic heterocycles. The number of nitrogens with two attached hydrogens (primary N) is 1. The maximum Gasteiger partial charge on any atom is 0.223 e. The summed E-state index contributed by atoms with van der Waals surface area (Å²) in [5.41, 5.74) is 9.41. The van der Waals surface area contributed by atoms with Crippen molar-refractivity contribution < 1.29 is 4.79 Å². The van der Waals surface area contributed by atoms with Gasteiger partial charge in [-0.2, -0.15) is 0 Å². The topological polar surface area (TPSA) is 86.5 Å². The quantitative estimate of drug-likeness (QED) is 0.330. The van der Waals surface area contributed by atoms with Crippen LogP contribution in [-0.2, 0) is 11.3 Å². The Labute approximate surface area is 229 Å². The molecule has 1 aromatic carbocycles. The van der Waals surface area contributed by atoms with Crippen LogP contribution in [0.15, 0.2) is 48.7 Å². The summed E-state index contributed by atoms with van der Waals surface area (Å²) in [5.74, 6) is 0.435. The van der Waals surface area contributed by atoms with E-state index in [9.17, 15) is 4.79 Å². The first-order valence-electron chi connectivity index (χ1n) is 14.8. The van der Waals surface area contributed by atoms with Crippen LogP contribution in [-0.4, -0.2) is 72.5 Å². The van der Waals surface area contributed by atoms with E-state index in [1.54, 1.807) is 0 Å². The van der Waals surface area contributed by atoms with E-state index < -0.39 is 0 Å². The summed E-state index contributed by atoms with van der Waals surface area (Å²) in [6.45, 7) is 9.84. The molecule has 2 aromatic rings. The number of nitrogens with zero attached hydrogens (tertiary/aromatic N) is 3. The van der Waals surface area contributed by atoms with E-state index in [0.29, 0.717) is 6.04 Å². The fraction of sp³-hybridized carbons (Fsp3) is 0.613. The summed E-state index contributed by atoms with van der Waals surface area (Å²) < 4.78 is 0. The largest absolute Gasteiger partial charge is 0.349 e. The van der Waals surface area contributed by atoms with Crippen molar-refractivity contribution in [1.29, 1.82) is 0 Å². The predicted molar refractivity (Wildman–Crippen MR) is 155 cm³/mol. The van der Waals surface area contributed by atoms with Crippen LogP contribution in [0.5, 0.6) is 0 Å². The average molecular weight is 521 g/mol. The molecule has 4 N–H and O–H groups in total. The van der Waals surface area contributed by atoms with Crippen LogP contribution < -0.4 is 16.4 Å². The van der Waals surface area contributed by atoms with Gasteiger partial charge < -0.3 is 21.3 Å². The smallest absolute Gasteiger partial charge is 0.223 e. The molecule has 0 radical (unpaired) electrons. The highest BCUT2D eigenvalue weighted by Gasteiger charge is 2.27. The highest BCUT2D eigenvalue weighted by molar-refractivity contribution is 5.79. The van der Waals surface area contributed by atoms with Crippen LogP contribution in [0.3, 0.4) is 0 Å². The second-order valence-electron chi connectivity index (χ2n) is 11.2. The number of piperazine rings is 1. The Balaban J connectivity index is 1.33. The Morgan fingerprint density at radius 2 is 2.00 bits per heavy atom. The number of rotatable bonds is 14. The molecule has 38 heavy (non-hydrogen) atoms. The van der Waals surface area contributed by atoms with Crippen LogP contribution in [0.2, 0.25) is 0 Å². The minimum Gasteiger partial charge on any atom is -0.349 e. The number of nitrogens with one attached hydrogen (secondary N) is 2. The lowest BCUT2D eigenvalue weighted by molar-refractivity contribution is -0.125. The van der Waals surface area contributed by atoms with Crippen LogP contribution in [0.4, 0.5) is 0 Å². The Hall–Kier alpha value is -2.32. The molecule has 7 heteroatoms. The summed E-state index contributed by atoms with van der Waals surface area (Å²) in [4.78, 5) is 22.7. The Kier molecular flexibility index (Phi) is 11.6. The number of carbonyl (C=O) groups is 1. The minimum absolute atomic E-state index is 0.0672. The summed E-state index contributed by atoms with van der Waals surface area (Å²) in [7, 11) is 0. The molecule has 1 saturated heterocycles. The number of carbonyl (C=O) groups excluding carboxylic acids is 1. The summed E-state index contributed by atoms with van der Waals surface area (Å²) >= 11 is 0. The zero-order chi connectivity index (χ0) is 26.6. The molecule has 0 spiro atoms. The lowest BCUT2D eigenvalue weighted by atomic mass is 10.0. The fourth-order valence-electron chi connectivity index (χ4n) is 5.94. The van der Waals surface area contributed by atoms with E-state index in [0.717, 1.165) is 90.2 Å². The predicted octanol–water partition coefficient (Wildman–Crippen LogP) is 3.64. The maximum atomic E-state index is 13.0. The normalized spacial score (nSPS) is 19.6. The third kappa shape index (κ3) is 8.87. The second-order valence-corrected chi connectivity index (χ2v) is 11.2. The third-order valence-corrected chi connectivity index (χ3v) is 8.22. The molecule has 1 aromatic heterocycles. The number of amides is 1. The molecule has 4 rings (SSSR count). The molecular weight excluding hydrogens is 472 g/mol. The number of unbranched alkanes of at least 4 members (excludes halogenated alkanes) is 1. The van der Waals surface area contributed by atoms with E-state index in [1.807, 2.05) is 18.3 Å². The maximum absolute atomic E-state index is 13.0. The molecule has 2 aliphatic rings. The van der Waals surface area contributed by atoms with Gasteiger partial charge >= 0.3 is 0 Å². The lowest BCUT2D eigenvalue weighted by Crippen LogP contribution is -2.55. The van der Waals surface area contributed by atoms with Crippen LogP contribution >= 0.6 is 0 Å². The van der Waals surface area contributed by atoms with Crippen molar-refractivity contribution in [2.75, 3.05) is 45.8 Å². The first-order chi connectivity index (χ1) is 18.6. The van der Waals surface area contributed by atoms with Crippen molar-refractivity contribution >= 4 is 5.91 Å². The molecule has 208 valence electrons. The summed E-state index contributed by atoms with van der Waals surface area (Å²) in [5, 5.41) is 7.17. The van der Waals surface area contributed by atoms with Gasteiger partial charge in [0.1, 0.15) is 0 Å². The van der Waals surface area contributed by atoms with Gasteiger partial charge in [0, 0.05) is 57.4 Å². The number of hydrogen-bond acceptors (Lipinski definition) is 6. The van der Waals surface area contributed by atoms with Gasteiger partial charge in [-0.25, -0.2) is 0 Å². The van der Waals surface area contributed by atoms with Gasteiger partial charge in [-0.05, 0) is 69.3 Å². The Bertz CT molecular complexity index is 964. The molecule has 1 unspecified atom stereocenters. The van der Waals surface area contributed by atoms with E-state index in [4.69, 9.17) is 5.73 Å². The van der Waals surface area contributed by atoms with Crippen molar-refractivity contribution in [2.24, 2.45) is 11.7 Å². The van der Waals surface area contributed by atoms with Gasteiger partial charge in [0.2, 0.25) is 5.91 Å². The van der Waals surface area contributed by atoms with Gasteiger partial charge in [0.15, 0.2) is 0 Å². The van der Waals surface area contributed by atoms with Gasteiger partial charge in [0.25, 0.3) is 0 Å². The van der Waals surface area contributed by atoms with Crippen molar-refractivity contribution in [3.8, 4) is 0 Å². The zero-order valence-corrected chi connectivity index (χ0v) is 23.3. The molecule has 1 amide bonds. The fourth-order valence-corrected chi connectivity index (χ4v) is 5.94. The van der Waals surface area contributed by atoms with E-state index in [1.165, 1.54) is 24.0 Å². The summed E-state index contributed by atoms with van der Waals surface area (Å²) in [6, 6.07) is 15.1. The zero-order valence-electron chi connectivity index (χ0n) is 23.3. The van der Waals surface area contributed by atoms with Crippen molar-refractivity contribution in [3.05, 3.63) is 65.5 Å². The molecule has 2 fully saturated rings. The first kappa shape index (κ1) is 28.7. The van der Waals surface area contributed by atoms with Gasteiger partial charge in [-0.1, -0.05) is 49.2 Å². The molecule has 2 atom stereocenters. The van der Waals surface area contributed by atoms with Crippen LogP contribution in [0.1, 0.15) is 67.8 Å². The average Bonchev–Trinajstić information content (AvgIpc) is 3.48. The molecule has 0 bridgehead atoms. The number of aryl methyl sites for hydroxylation is 1. The molecule has 1 aliphatic carbocycles. The van der Waals surface area contributed by atoms with Crippen LogP contribution in [0, 0.1) is 12.8 Å². The number of pyridine rings is 1. The lowest BCUT2D eigenvalue weighted by Gasteiger charge is -2.37. The van der Waals surface area contributed by atoms with E-state index in [2.05, 4.69) is 62.7 Å². The second kappa shape index (κ2) is 15.3.